The molecule has 0 unspecified atom stereocenters. The molecular weight excluding hydrogens is 152 g/mol. The Morgan fingerprint density at radius 3 is 2.75 bits per heavy atom. The van der Waals surface area contributed by atoms with Crippen LogP contribution in [0.4, 0.5) is 0 Å². The molecule has 0 aliphatic heterocycles. The van der Waals surface area contributed by atoms with Gasteiger partial charge in [-0.25, -0.2) is 4.98 Å². The van der Waals surface area contributed by atoms with Gasteiger partial charge in [-0.15, -0.1) is 0 Å². The van der Waals surface area contributed by atoms with Gasteiger partial charge in [0.05, 0.1) is 6.54 Å². The summed E-state index contributed by atoms with van der Waals surface area (Å²) < 4.78 is 0. The van der Waals surface area contributed by atoms with E-state index >= 15 is 0 Å². The van der Waals surface area contributed by atoms with Crippen molar-refractivity contribution in [2.24, 2.45) is 5.92 Å². The van der Waals surface area contributed by atoms with E-state index in [1.165, 1.54) is 0 Å². The van der Waals surface area contributed by atoms with E-state index < -0.39 is 0 Å². The number of aryl methyl sites for hydroxylation is 1. The second-order valence-electron chi connectivity index (χ2n) is 3.36. The van der Waals surface area contributed by atoms with Gasteiger partial charge in [-0.2, -0.15) is 5.10 Å². The van der Waals surface area contributed by atoms with Crippen molar-refractivity contribution in [1.29, 1.82) is 0 Å². The minimum absolute atomic E-state index is 0.671. The molecule has 0 saturated carbocycles. The highest BCUT2D eigenvalue weighted by molar-refractivity contribution is 4.86. The van der Waals surface area contributed by atoms with E-state index in [0.29, 0.717) is 5.92 Å². The van der Waals surface area contributed by atoms with Crippen molar-refractivity contribution in [1.82, 2.24) is 20.5 Å². The predicted molar refractivity (Wildman–Crippen MR) is 47.7 cm³/mol. The Kier molecular flexibility index (Phi) is 3.22. The van der Waals surface area contributed by atoms with E-state index in [9.17, 15) is 0 Å². The van der Waals surface area contributed by atoms with E-state index in [2.05, 4.69) is 34.3 Å². The molecule has 0 bridgehead atoms. The van der Waals surface area contributed by atoms with Gasteiger partial charge in [0, 0.05) is 0 Å². The molecule has 0 fully saturated rings. The van der Waals surface area contributed by atoms with Crippen LogP contribution < -0.4 is 5.32 Å². The van der Waals surface area contributed by atoms with Gasteiger partial charge in [-0.3, -0.25) is 5.10 Å². The lowest BCUT2D eigenvalue weighted by molar-refractivity contribution is 0.543. The van der Waals surface area contributed by atoms with Crippen LogP contribution in [0.2, 0.25) is 0 Å². The van der Waals surface area contributed by atoms with Crippen LogP contribution in [0, 0.1) is 12.8 Å². The Hall–Kier alpha value is -0.900. The molecule has 0 radical (unpaired) electrons. The van der Waals surface area contributed by atoms with E-state index in [1.54, 1.807) is 0 Å². The Bertz CT molecular complexity index is 229. The van der Waals surface area contributed by atoms with Crippen LogP contribution in [-0.2, 0) is 6.54 Å². The molecule has 12 heavy (non-hydrogen) atoms. The molecule has 1 aromatic heterocycles. The number of nitrogens with one attached hydrogen (secondary N) is 2. The Labute approximate surface area is 72.8 Å². The highest BCUT2D eigenvalue weighted by atomic mass is 15.2. The first-order valence-electron chi connectivity index (χ1n) is 4.27. The molecule has 1 rings (SSSR count). The Morgan fingerprint density at radius 2 is 2.25 bits per heavy atom. The molecule has 4 nitrogen and oxygen atoms in total. The van der Waals surface area contributed by atoms with E-state index in [0.717, 1.165) is 24.7 Å². The van der Waals surface area contributed by atoms with Gasteiger partial charge in [-0.05, 0) is 19.4 Å². The molecule has 0 amide bonds. The fraction of sp³-hybridized carbons (Fsp3) is 0.750. The summed E-state index contributed by atoms with van der Waals surface area (Å²) in [6.07, 6.45) is 0. The molecule has 0 aromatic carbocycles. The third-order valence-electron chi connectivity index (χ3n) is 1.48. The highest BCUT2D eigenvalue weighted by Gasteiger charge is 1.98. The van der Waals surface area contributed by atoms with Crippen molar-refractivity contribution in [3.05, 3.63) is 11.6 Å². The van der Waals surface area contributed by atoms with Crippen LogP contribution in [0.1, 0.15) is 25.5 Å². The fourth-order valence-electron chi connectivity index (χ4n) is 0.941. The lowest BCUT2D eigenvalue weighted by atomic mass is 10.2. The molecule has 0 aliphatic carbocycles. The molecule has 4 heteroatoms. The molecule has 0 saturated heterocycles. The maximum Gasteiger partial charge on any atom is 0.164 e. The summed E-state index contributed by atoms with van der Waals surface area (Å²) in [5.74, 6) is 2.38. The van der Waals surface area contributed by atoms with Crippen molar-refractivity contribution in [3.63, 3.8) is 0 Å². The van der Waals surface area contributed by atoms with Crippen molar-refractivity contribution in [3.8, 4) is 0 Å². The molecule has 0 spiro atoms. The van der Waals surface area contributed by atoms with Crippen LogP contribution >= 0.6 is 0 Å². The quantitative estimate of drug-likeness (QED) is 0.701. The van der Waals surface area contributed by atoms with Gasteiger partial charge in [-0.1, -0.05) is 13.8 Å². The summed E-state index contributed by atoms with van der Waals surface area (Å²) >= 11 is 0. The summed E-state index contributed by atoms with van der Waals surface area (Å²) in [6, 6.07) is 0. The number of hydrogen-bond donors (Lipinski definition) is 2. The third kappa shape index (κ3) is 3.00. The van der Waals surface area contributed by atoms with Gasteiger partial charge in [0.1, 0.15) is 5.82 Å². The van der Waals surface area contributed by atoms with Crippen molar-refractivity contribution >= 4 is 0 Å². The number of aromatic amines is 1. The maximum absolute atomic E-state index is 4.18. The van der Waals surface area contributed by atoms with Gasteiger partial charge in [0.15, 0.2) is 5.82 Å². The number of aromatic nitrogens is 3. The summed E-state index contributed by atoms with van der Waals surface area (Å²) in [5, 5.41) is 10.1. The van der Waals surface area contributed by atoms with Crippen LogP contribution in [0.15, 0.2) is 0 Å². The van der Waals surface area contributed by atoms with Gasteiger partial charge in [0.25, 0.3) is 0 Å². The van der Waals surface area contributed by atoms with Crippen molar-refractivity contribution in [2.45, 2.75) is 27.3 Å². The smallest absolute Gasteiger partial charge is 0.164 e. The lowest BCUT2D eigenvalue weighted by Crippen LogP contribution is -2.19. The first-order valence-corrected chi connectivity index (χ1v) is 4.27. The monoisotopic (exact) mass is 168 g/mol. The average molecular weight is 168 g/mol. The zero-order valence-electron chi connectivity index (χ0n) is 7.89. The third-order valence-corrected chi connectivity index (χ3v) is 1.48. The van der Waals surface area contributed by atoms with Crippen LogP contribution in [-0.4, -0.2) is 21.7 Å². The minimum atomic E-state index is 0.671. The van der Waals surface area contributed by atoms with Crippen molar-refractivity contribution in [2.75, 3.05) is 6.54 Å². The standard InChI is InChI=1S/C8H16N4/c1-6(2)4-9-5-8-10-7(3)11-12-8/h6,9H,4-5H2,1-3H3,(H,10,11,12). The number of hydrogen-bond acceptors (Lipinski definition) is 3. The van der Waals surface area contributed by atoms with Gasteiger partial charge < -0.3 is 5.32 Å². The second-order valence-corrected chi connectivity index (χ2v) is 3.36. The highest BCUT2D eigenvalue weighted by Crippen LogP contribution is 1.91. The predicted octanol–water partition coefficient (Wildman–Crippen LogP) is 0.859. The largest absolute Gasteiger partial charge is 0.310 e. The van der Waals surface area contributed by atoms with E-state index in [4.69, 9.17) is 0 Å². The molecule has 0 atom stereocenters. The number of nitrogens with zero attached hydrogens (tertiary/aromatic N) is 2. The molecular formula is C8H16N4. The van der Waals surface area contributed by atoms with Gasteiger partial charge >= 0.3 is 0 Å². The summed E-state index contributed by atoms with van der Waals surface area (Å²) in [6.45, 7) is 8.02. The molecule has 1 heterocycles. The Morgan fingerprint density at radius 1 is 1.50 bits per heavy atom. The summed E-state index contributed by atoms with van der Waals surface area (Å²) in [5.41, 5.74) is 0. The second kappa shape index (κ2) is 4.21. The first-order chi connectivity index (χ1) is 5.68. The van der Waals surface area contributed by atoms with Crippen molar-refractivity contribution < 1.29 is 0 Å². The van der Waals surface area contributed by atoms with Crippen LogP contribution in [0.25, 0.3) is 0 Å². The maximum atomic E-state index is 4.18. The lowest BCUT2D eigenvalue weighted by Gasteiger charge is -2.03. The first kappa shape index (κ1) is 9.19. The normalized spacial score (nSPS) is 11.0. The topological polar surface area (TPSA) is 53.6 Å². The molecule has 1 aromatic rings. The Balaban J connectivity index is 2.24. The summed E-state index contributed by atoms with van der Waals surface area (Å²) in [7, 11) is 0. The number of H-pyrrole nitrogens is 1. The van der Waals surface area contributed by atoms with E-state index in [-0.39, 0.29) is 0 Å². The fourth-order valence-corrected chi connectivity index (χ4v) is 0.941. The van der Waals surface area contributed by atoms with Gasteiger partial charge in [0.2, 0.25) is 0 Å². The number of rotatable bonds is 4. The van der Waals surface area contributed by atoms with Crippen LogP contribution in [0.3, 0.4) is 0 Å². The SMILES string of the molecule is Cc1nc(CNCC(C)C)n[nH]1. The molecule has 0 aliphatic rings. The molecule has 68 valence electrons. The zero-order chi connectivity index (χ0) is 8.97. The van der Waals surface area contributed by atoms with Crippen LogP contribution in [0.5, 0.6) is 0 Å². The average Bonchev–Trinajstić information content (AvgIpc) is 2.35. The zero-order valence-corrected chi connectivity index (χ0v) is 7.89. The molecule has 2 N–H and O–H groups in total. The van der Waals surface area contributed by atoms with E-state index in [1.807, 2.05) is 6.92 Å². The summed E-state index contributed by atoms with van der Waals surface area (Å²) in [4.78, 5) is 4.18. The minimum Gasteiger partial charge on any atom is -0.310 e.